The van der Waals surface area contributed by atoms with E-state index < -0.39 is 9.84 Å². The van der Waals surface area contributed by atoms with Crippen molar-refractivity contribution in [3.05, 3.63) is 35.4 Å². The van der Waals surface area contributed by atoms with Gasteiger partial charge in [0, 0.05) is 18.3 Å². The second kappa shape index (κ2) is 8.54. The molecule has 0 aliphatic heterocycles. The Kier molecular flexibility index (Phi) is 7.40. The van der Waals surface area contributed by atoms with E-state index in [1.54, 1.807) is 6.92 Å². The second-order valence-electron chi connectivity index (χ2n) is 6.05. The van der Waals surface area contributed by atoms with E-state index in [2.05, 4.69) is 50.4 Å². The molecule has 0 amide bonds. The van der Waals surface area contributed by atoms with Crippen LogP contribution in [0.5, 0.6) is 0 Å². The largest absolute Gasteiger partial charge is 0.314 e. The molecule has 1 aromatic rings. The first-order chi connectivity index (χ1) is 9.84. The van der Waals surface area contributed by atoms with Crippen LogP contribution in [0.15, 0.2) is 24.3 Å². The van der Waals surface area contributed by atoms with Crippen LogP contribution in [0.1, 0.15) is 50.7 Å². The molecule has 1 atom stereocenters. The quantitative estimate of drug-likeness (QED) is 0.761. The number of aryl methyl sites for hydroxylation is 1. The average Bonchev–Trinajstić information content (AvgIpc) is 2.42. The fourth-order valence-electron chi connectivity index (χ4n) is 2.38. The predicted octanol–water partition coefficient (Wildman–Crippen LogP) is 3.29. The van der Waals surface area contributed by atoms with E-state index in [0.29, 0.717) is 17.7 Å². The number of hydrogen-bond donors (Lipinski definition) is 1. The van der Waals surface area contributed by atoms with Gasteiger partial charge in [-0.05, 0) is 31.2 Å². The fourth-order valence-corrected chi connectivity index (χ4v) is 3.28. The van der Waals surface area contributed by atoms with Crippen molar-refractivity contribution in [3.63, 3.8) is 0 Å². The Hall–Kier alpha value is -0.870. The summed E-state index contributed by atoms with van der Waals surface area (Å²) in [5.74, 6) is 0.916. The van der Waals surface area contributed by atoms with Gasteiger partial charge in [0.25, 0.3) is 0 Å². The minimum Gasteiger partial charge on any atom is -0.314 e. The maximum Gasteiger partial charge on any atom is 0.150 e. The summed E-state index contributed by atoms with van der Waals surface area (Å²) >= 11 is 0. The van der Waals surface area contributed by atoms with Crippen LogP contribution in [0.25, 0.3) is 0 Å². The molecule has 0 saturated heterocycles. The summed E-state index contributed by atoms with van der Waals surface area (Å²) in [7, 11) is -2.86. The van der Waals surface area contributed by atoms with E-state index in [-0.39, 0.29) is 5.75 Å². The zero-order valence-corrected chi connectivity index (χ0v) is 14.5. The maximum absolute atomic E-state index is 11.6. The lowest BCUT2D eigenvalue weighted by Gasteiger charge is -2.20. The molecule has 0 fully saturated rings. The van der Waals surface area contributed by atoms with Crippen LogP contribution in [-0.4, -0.2) is 32.5 Å². The van der Waals surface area contributed by atoms with Crippen molar-refractivity contribution >= 4 is 9.84 Å². The molecule has 0 spiro atoms. The molecule has 0 bridgehead atoms. The number of sulfone groups is 1. The van der Waals surface area contributed by atoms with Crippen LogP contribution in [-0.2, 0) is 9.84 Å². The molecular weight excluding hydrogens is 282 g/mol. The molecule has 1 N–H and O–H groups in total. The van der Waals surface area contributed by atoms with Crippen molar-refractivity contribution in [2.75, 3.05) is 18.1 Å². The van der Waals surface area contributed by atoms with Crippen molar-refractivity contribution in [1.29, 1.82) is 0 Å². The van der Waals surface area contributed by atoms with Gasteiger partial charge in [-0.15, -0.1) is 0 Å². The van der Waals surface area contributed by atoms with Crippen molar-refractivity contribution in [3.8, 4) is 0 Å². The van der Waals surface area contributed by atoms with Gasteiger partial charge in [-0.25, -0.2) is 8.42 Å². The summed E-state index contributed by atoms with van der Waals surface area (Å²) in [6.45, 7) is 8.97. The highest BCUT2D eigenvalue weighted by atomic mass is 32.2. The summed E-state index contributed by atoms with van der Waals surface area (Å²) < 4.78 is 23.2. The SMILES string of the molecule is CCS(=O)(=O)CCCC(CNC(C)C)c1cccc(C)c1. The summed E-state index contributed by atoms with van der Waals surface area (Å²) in [5.41, 5.74) is 2.56. The molecule has 4 heteroatoms. The van der Waals surface area contributed by atoms with Gasteiger partial charge < -0.3 is 5.32 Å². The monoisotopic (exact) mass is 311 g/mol. The van der Waals surface area contributed by atoms with Gasteiger partial charge in [0.05, 0.1) is 5.75 Å². The third-order valence-electron chi connectivity index (χ3n) is 3.73. The first kappa shape index (κ1) is 18.2. The Balaban J connectivity index is 2.69. The molecule has 0 heterocycles. The minimum atomic E-state index is -2.86. The molecule has 1 aromatic carbocycles. The summed E-state index contributed by atoms with van der Waals surface area (Å²) in [4.78, 5) is 0. The van der Waals surface area contributed by atoms with E-state index in [0.717, 1.165) is 19.4 Å². The third-order valence-corrected chi connectivity index (χ3v) is 5.52. The zero-order valence-electron chi connectivity index (χ0n) is 13.7. The lowest BCUT2D eigenvalue weighted by atomic mass is 9.93. The summed E-state index contributed by atoms with van der Waals surface area (Å²) in [6.07, 6.45) is 1.64. The Morgan fingerprint density at radius 2 is 1.95 bits per heavy atom. The van der Waals surface area contributed by atoms with Crippen molar-refractivity contribution < 1.29 is 8.42 Å². The first-order valence-corrected chi connectivity index (χ1v) is 9.66. The number of nitrogens with one attached hydrogen (secondary N) is 1. The summed E-state index contributed by atoms with van der Waals surface area (Å²) in [6, 6.07) is 8.97. The molecule has 21 heavy (non-hydrogen) atoms. The van der Waals surface area contributed by atoms with E-state index >= 15 is 0 Å². The highest BCUT2D eigenvalue weighted by Gasteiger charge is 2.14. The van der Waals surface area contributed by atoms with E-state index in [4.69, 9.17) is 0 Å². The molecule has 3 nitrogen and oxygen atoms in total. The Morgan fingerprint density at radius 1 is 1.24 bits per heavy atom. The molecule has 1 rings (SSSR count). The molecular formula is C17H29NO2S. The highest BCUT2D eigenvalue weighted by molar-refractivity contribution is 7.91. The van der Waals surface area contributed by atoms with Gasteiger partial charge in [0.2, 0.25) is 0 Å². The van der Waals surface area contributed by atoms with Crippen LogP contribution >= 0.6 is 0 Å². The highest BCUT2D eigenvalue weighted by Crippen LogP contribution is 2.22. The summed E-state index contributed by atoms with van der Waals surface area (Å²) in [5, 5.41) is 3.48. The zero-order chi connectivity index (χ0) is 15.9. The van der Waals surface area contributed by atoms with Crippen molar-refractivity contribution in [2.45, 2.75) is 52.5 Å². The number of benzene rings is 1. The Labute approximate surface area is 130 Å². The van der Waals surface area contributed by atoms with Crippen LogP contribution in [0.4, 0.5) is 0 Å². The van der Waals surface area contributed by atoms with Gasteiger partial charge >= 0.3 is 0 Å². The van der Waals surface area contributed by atoms with Gasteiger partial charge in [-0.1, -0.05) is 50.6 Å². The molecule has 0 aromatic heterocycles. The standard InChI is InChI=1S/C17H29NO2S/c1-5-21(19,20)11-7-10-17(13-18-14(2)3)16-9-6-8-15(4)12-16/h6,8-9,12,14,17-18H,5,7,10-11,13H2,1-4H3. The van der Waals surface area contributed by atoms with Crippen LogP contribution in [0, 0.1) is 6.92 Å². The lowest BCUT2D eigenvalue weighted by molar-refractivity contribution is 0.503. The minimum absolute atomic E-state index is 0.242. The molecule has 0 aliphatic rings. The van der Waals surface area contributed by atoms with Crippen LogP contribution in [0.2, 0.25) is 0 Å². The van der Waals surface area contributed by atoms with E-state index in [9.17, 15) is 8.42 Å². The normalized spacial score (nSPS) is 13.6. The predicted molar refractivity (Wildman–Crippen MR) is 90.6 cm³/mol. The van der Waals surface area contributed by atoms with E-state index in [1.165, 1.54) is 11.1 Å². The average molecular weight is 311 g/mol. The fraction of sp³-hybridized carbons (Fsp3) is 0.647. The number of hydrogen-bond acceptors (Lipinski definition) is 3. The van der Waals surface area contributed by atoms with Crippen molar-refractivity contribution in [1.82, 2.24) is 5.32 Å². The molecule has 120 valence electrons. The molecule has 1 unspecified atom stereocenters. The van der Waals surface area contributed by atoms with Gasteiger partial charge in [-0.3, -0.25) is 0 Å². The lowest BCUT2D eigenvalue weighted by Crippen LogP contribution is -2.28. The van der Waals surface area contributed by atoms with Gasteiger partial charge in [0.15, 0.2) is 0 Å². The van der Waals surface area contributed by atoms with E-state index in [1.807, 2.05) is 0 Å². The smallest absolute Gasteiger partial charge is 0.150 e. The first-order valence-electron chi connectivity index (χ1n) is 7.84. The molecule has 0 radical (unpaired) electrons. The van der Waals surface area contributed by atoms with Crippen LogP contribution < -0.4 is 5.32 Å². The maximum atomic E-state index is 11.6. The molecule has 0 aliphatic carbocycles. The van der Waals surface area contributed by atoms with Gasteiger partial charge in [-0.2, -0.15) is 0 Å². The van der Waals surface area contributed by atoms with Gasteiger partial charge in [0.1, 0.15) is 9.84 Å². The van der Waals surface area contributed by atoms with Crippen molar-refractivity contribution in [2.24, 2.45) is 0 Å². The van der Waals surface area contributed by atoms with Crippen LogP contribution in [0.3, 0.4) is 0 Å². The Bertz CT molecular complexity index is 523. The topological polar surface area (TPSA) is 46.2 Å². The third kappa shape index (κ3) is 7.09. The second-order valence-corrected chi connectivity index (χ2v) is 8.53. The molecule has 0 saturated carbocycles. The Morgan fingerprint density at radius 3 is 2.52 bits per heavy atom. The number of rotatable bonds is 9.